The maximum Gasteiger partial charge on any atom is 0.254 e. The molecule has 0 atom stereocenters. The summed E-state index contributed by atoms with van der Waals surface area (Å²) >= 11 is 12.2. The molecular formula is C30H31Cl2N3O3. The molecule has 0 unspecified atom stereocenters. The summed E-state index contributed by atoms with van der Waals surface area (Å²) in [5.74, 6) is 0.319. The van der Waals surface area contributed by atoms with Gasteiger partial charge in [0.25, 0.3) is 5.91 Å². The SMILES string of the molecule is CCCN(CC(=O)N(CCc1c[nH]c2ccccc12)Cc1ccccc1OC)C(=O)c1ccc(Cl)c(Cl)c1. The molecule has 0 saturated heterocycles. The molecule has 1 heterocycles. The number of halogens is 2. The van der Waals surface area contributed by atoms with Gasteiger partial charge < -0.3 is 19.5 Å². The maximum atomic E-state index is 13.7. The van der Waals surface area contributed by atoms with Crippen LogP contribution in [0, 0.1) is 0 Å². The van der Waals surface area contributed by atoms with E-state index in [-0.39, 0.29) is 18.4 Å². The van der Waals surface area contributed by atoms with Crippen LogP contribution in [0.3, 0.4) is 0 Å². The Labute approximate surface area is 233 Å². The van der Waals surface area contributed by atoms with E-state index in [2.05, 4.69) is 11.1 Å². The molecule has 6 nitrogen and oxygen atoms in total. The summed E-state index contributed by atoms with van der Waals surface area (Å²) in [6, 6.07) is 20.6. The molecule has 3 aromatic carbocycles. The molecule has 2 amide bonds. The summed E-state index contributed by atoms with van der Waals surface area (Å²) in [7, 11) is 1.62. The number of ether oxygens (including phenoxy) is 1. The third-order valence-electron chi connectivity index (χ3n) is 6.51. The third-order valence-corrected chi connectivity index (χ3v) is 7.24. The van der Waals surface area contributed by atoms with Gasteiger partial charge in [-0.25, -0.2) is 0 Å². The first-order valence-corrected chi connectivity index (χ1v) is 13.4. The number of hydrogen-bond donors (Lipinski definition) is 1. The Hall–Kier alpha value is -3.48. The summed E-state index contributed by atoms with van der Waals surface area (Å²) in [5, 5.41) is 1.82. The number of H-pyrrole nitrogens is 1. The highest BCUT2D eigenvalue weighted by Crippen LogP contribution is 2.24. The summed E-state index contributed by atoms with van der Waals surface area (Å²) in [6.07, 6.45) is 3.37. The van der Waals surface area contributed by atoms with E-state index in [0.717, 1.165) is 27.8 Å². The van der Waals surface area contributed by atoms with E-state index in [4.69, 9.17) is 27.9 Å². The number of aromatic amines is 1. The number of rotatable bonds is 11. The lowest BCUT2D eigenvalue weighted by Gasteiger charge is -2.28. The summed E-state index contributed by atoms with van der Waals surface area (Å²) in [4.78, 5) is 33.8. The molecule has 0 aliphatic heterocycles. The number of para-hydroxylation sites is 2. The smallest absolute Gasteiger partial charge is 0.254 e. The quantitative estimate of drug-likeness (QED) is 0.228. The first-order chi connectivity index (χ1) is 18.4. The molecule has 1 aromatic heterocycles. The van der Waals surface area contributed by atoms with Crippen molar-refractivity contribution < 1.29 is 14.3 Å². The number of methoxy groups -OCH3 is 1. The number of nitrogens with one attached hydrogen (secondary N) is 1. The normalized spacial score (nSPS) is 10.9. The van der Waals surface area contributed by atoms with Gasteiger partial charge in [-0.2, -0.15) is 0 Å². The van der Waals surface area contributed by atoms with Crippen LogP contribution in [0.1, 0.15) is 34.8 Å². The molecule has 4 rings (SSSR count). The topological polar surface area (TPSA) is 65.6 Å². The molecule has 0 fully saturated rings. The third kappa shape index (κ3) is 6.50. The number of amides is 2. The molecular weight excluding hydrogens is 521 g/mol. The monoisotopic (exact) mass is 551 g/mol. The second kappa shape index (κ2) is 12.9. The minimum Gasteiger partial charge on any atom is -0.496 e. The zero-order valence-electron chi connectivity index (χ0n) is 21.5. The highest BCUT2D eigenvalue weighted by atomic mass is 35.5. The van der Waals surface area contributed by atoms with E-state index in [9.17, 15) is 9.59 Å². The van der Waals surface area contributed by atoms with E-state index in [0.29, 0.717) is 48.1 Å². The van der Waals surface area contributed by atoms with E-state index >= 15 is 0 Å². The summed E-state index contributed by atoms with van der Waals surface area (Å²) in [5.41, 5.74) is 3.50. The van der Waals surface area contributed by atoms with Crippen molar-refractivity contribution in [2.75, 3.05) is 26.7 Å². The standard InChI is InChI=1S/C30H31Cl2N3O3/c1-3-15-35(30(37)21-12-13-25(31)26(32)17-21)20-29(36)34(19-23-8-4-7-11-28(23)38-2)16-14-22-18-33-27-10-6-5-9-24(22)27/h4-13,17-18,33H,3,14-16,19-20H2,1-2H3. The molecule has 0 aliphatic rings. The van der Waals surface area contributed by atoms with Crippen molar-refractivity contribution in [3.05, 3.63) is 99.7 Å². The van der Waals surface area contributed by atoms with Crippen LogP contribution >= 0.6 is 23.2 Å². The van der Waals surface area contributed by atoms with E-state index < -0.39 is 0 Å². The fourth-order valence-electron chi connectivity index (χ4n) is 4.52. The summed E-state index contributed by atoms with van der Waals surface area (Å²) < 4.78 is 5.54. The average Bonchev–Trinajstić information content (AvgIpc) is 3.35. The van der Waals surface area contributed by atoms with Gasteiger partial charge in [0.15, 0.2) is 0 Å². The van der Waals surface area contributed by atoms with Crippen LogP contribution in [0.4, 0.5) is 0 Å². The molecule has 0 radical (unpaired) electrons. The zero-order valence-corrected chi connectivity index (χ0v) is 23.1. The molecule has 1 N–H and O–H groups in total. The lowest BCUT2D eigenvalue weighted by molar-refractivity contribution is -0.132. The number of carbonyl (C=O) groups excluding carboxylic acids is 2. The number of nitrogens with zero attached hydrogens (tertiary/aromatic N) is 2. The number of fused-ring (bicyclic) bond motifs is 1. The minimum absolute atomic E-state index is 0.0457. The second-order valence-electron chi connectivity index (χ2n) is 9.09. The van der Waals surface area contributed by atoms with Crippen molar-refractivity contribution in [2.24, 2.45) is 0 Å². The Kier molecular flexibility index (Phi) is 9.32. The van der Waals surface area contributed by atoms with Gasteiger partial charge in [-0.3, -0.25) is 9.59 Å². The van der Waals surface area contributed by atoms with Crippen molar-refractivity contribution in [3.8, 4) is 5.75 Å². The van der Waals surface area contributed by atoms with Gasteiger partial charge >= 0.3 is 0 Å². The fraction of sp³-hybridized carbons (Fsp3) is 0.267. The van der Waals surface area contributed by atoms with Crippen molar-refractivity contribution in [3.63, 3.8) is 0 Å². The molecule has 0 saturated carbocycles. The Morgan fingerprint density at radius 2 is 1.66 bits per heavy atom. The lowest BCUT2D eigenvalue weighted by Crippen LogP contribution is -2.43. The summed E-state index contributed by atoms with van der Waals surface area (Å²) in [6.45, 7) is 3.22. The Bertz CT molecular complexity index is 1420. The Balaban J connectivity index is 1.57. The maximum absolute atomic E-state index is 13.7. The molecule has 0 bridgehead atoms. The van der Waals surface area contributed by atoms with Crippen molar-refractivity contribution in [1.82, 2.24) is 14.8 Å². The van der Waals surface area contributed by atoms with Gasteiger partial charge in [-0.05, 0) is 48.7 Å². The first-order valence-electron chi connectivity index (χ1n) is 12.6. The molecule has 198 valence electrons. The van der Waals surface area contributed by atoms with Crippen molar-refractivity contribution in [1.29, 1.82) is 0 Å². The van der Waals surface area contributed by atoms with Gasteiger partial charge in [0.2, 0.25) is 5.91 Å². The van der Waals surface area contributed by atoms with Gasteiger partial charge in [-0.1, -0.05) is 66.5 Å². The van der Waals surface area contributed by atoms with Crippen LogP contribution < -0.4 is 4.74 Å². The van der Waals surface area contributed by atoms with E-state index in [1.54, 1.807) is 35.1 Å². The van der Waals surface area contributed by atoms with Crippen molar-refractivity contribution >= 4 is 45.9 Å². The molecule has 0 aliphatic carbocycles. The predicted molar refractivity (Wildman–Crippen MR) is 153 cm³/mol. The number of hydrogen-bond acceptors (Lipinski definition) is 3. The highest BCUT2D eigenvalue weighted by Gasteiger charge is 2.23. The van der Waals surface area contributed by atoms with Crippen molar-refractivity contribution in [2.45, 2.75) is 26.3 Å². The van der Waals surface area contributed by atoms with Gasteiger partial charge in [0.1, 0.15) is 12.3 Å². The minimum atomic E-state index is -0.257. The number of carbonyl (C=O) groups is 2. The van der Waals surface area contributed by atoms with E-state index in [1.165, 1.54) is 0 Å². The predicted octanol–water partition coefficient (Wildman–Crippen LogP) is 6.61. The molecule has 38 heavy (non-hydrogen) atoms. The largest absolute Gasteiger partial charge is 0.496 e. The van der Waals surface area contributed by atoms with Gasteiger partial charge in [0.05, 0.1) is 17.2 Å². The highest BCUT2D eigenvalue weighted by molar-refractivity contribution is 6.42. The molecule has 8 heteroatoms. The van der Waals surface area contributed by atoms with Gasteiger partial charge in [0, 0.05) is 47.9 Å². The Morgan fingerprint density at radius 3 is 2.42 bits per heavy atom. The average molecular weight is 553 g/mol. The second-order valence-corrected chi connectivity index (χ2v) is 9.91. The molecule has 0 spiro atoms. The number of benzene rings is 3. The van der Waals surface area contributed by atoms with Crippen LogP contribution in [-0.2, 0) is 17.8 Å². The fourth-order valence-corrected chi connectivity index (χ4v) is 4.82. The van der Waals surface area contributed by atoms with Gasteiger partial charge in [-0.15, -0.1) is 0 Å². The lowest BCUT2D eigenvalue weighted by atomic mass is 10.1. The van der Waals surface area contributed by atoms with Crippen LogP contribution in [0.15, 0.2) is 72.9 Å². The zero-order chi connectivity index (χ0) is 27.1. The van der Waals surface area contributed by atoms with Crippen LogP contribution in [0.25, 0.3) is 10.9 Å². The number of aromatic nitrogens is 1. The Morgan fingerprint density at radius 1 is 0.895 bits per heavy atom. The van der Waals surface area contributed by atoms with Crippen LogP contribution in [0.5, 0.6) is 5.75 Å². The van der Waals surface area contributed by atoms with Crippen LogP contribution in [-0.4, -0.2) is 53.3 Å². The first kappa shape index (κ1) is 27.6. The van der Waals surface area contributed by atoms with E-state index in [1.807, 2.05) is 55.6 Å². The molecule has 4 aromatic rings. The van der Waals surface area contributed by atoms with Crippen LogP contribution in [0.2, 0.25) is 10.0 Å².